The maximum absolute atomic E-state index is 14.4. The lowest BCUT2D eigenvalue weighted by molar-refractivity contribution is -0.143. The second-order valence-electron chi connectivity index (χ2n) is 9.28. The number of amides is 2. The smallest absolute Gasteiger partial charge is 0.436 e. The van der Waals surface area contributed by atoms with Crippen LogP contribution in [0.2, 0.25) is 0 Å². The first-order valence-electron chi connectivity index (χ1n) is 12.3. The van der Waals surface area contributed by atoms with Crippen molar-refractivity contribution in [2.24, 2.45) is 0 Å². The van der Waals surface area contributed by atoms with E-state index in [1.807, 2.05) is 19.9 Å². The lowest BCUT2D eigenvalue weighted by atomic mass is 9.87. The molecule has 8 nitrogen and oxygen atoms in total. The number of aromatic nitrogens is 2. The number of rotatable bonds is 4. The van der Waals surface area contributed by atoms with Crippen molar-refractivity contribution < 1.29 is 36.6 Å². The number of carbonyl (C=O) groups excluding carboxylic acids is 2. The number of benzene rings is 1. The molecule has 1 saturated heterocycles. The van der Waals surface area contributed by atoms with E-state index in [1.54, 1.807) is 24.4 Å². The fourth-order valence-electron chi connectivity index (χ4n) is 4.89. The molecule has 2 aliphatic heterocycles. The molecular weight excluding hydrogens is 520 g/mol. The van der Waals surface area contributed by atoms with Crippen LogP contribution in [0.3, 0.4) is 0 Å². The number of hydrogen-bond acceptors (Lipinski definition) is 6. The molecule has 0 bridgehead atoms. The Bertz CT molecular complexity index is 1450. The van der Waals surface area contributed by atoms with Crippen LogP contribution in [-0.2, 0) is 15.7 Å². The number of halogens is 4. The lowest BCUT2D eigenvalue weighted by Gasteiger charge is -2.29. The van der Waals surface area contributed by atoms with E-state index < -0.39 is 41.4 Å². The number of fused-ring (bicyclic) bond motifs is 3. The average molecular weight is 545 g/mol. The summed E-state index contributed by atoms with van der Waals surface area (Å²) >= 11 is 0. The van der Waals surface area contributed by atoms with E-state index in [0.29, 0.717) is 36.5 Å². The number of nitrogens with one attached hydrogen (secondary N) is 1. The highest BCUT2D eigenvalue weighted by atomic mass is 19.4. The van der Waals surface area contributed by atoms with Crippen LogP contribution < -0.4 is 10.2 Å². The van der Waals surface area contributed by atoms with Gasteiger partial charge in [-0.15, -0.1) is 0 Å². The van der Waals surface area contributed by atoms with Gasteiger partial charge < -0.3 is 14.8 Å². The molecule has 0 unspecified atom stereocenters. The van der Waals surface area contributed by atoms with Gasteiger partial charge in [-0.05, 0) is 55.7 Å². The molecule has 0 aliphatic carbocycles. The summed E-state index contributed by atoms with van der Waals surface area (Å²) in [7, 11) is 0. The molecule has 39 heavy (non-hydrogen) atoms. The van der Waals surface area contributed by atoms with Crippen molar-refractivity contribution in [3.05, 3.63) is 70.9 Å². The number of carbonyl (C=O) groups is 2. The second-order valence-corrected chi connectivity index (χ2v) is 9.28. The summed E-state index contributed by atoms with van der Waals surface area (Å²) in [5, 5.41) is 2.47. The number of hydrogen-bond donors (Lipinski definition) is 1. The van der Waals surface area contributed by atoms with Gasteiger partial charge in [0.1, 0.15) is 11.9 Å². The third-order valence-electron chi connectivity index (χ3n) is 6.85. The minimum atomic E-state index is -5.04. The van der Waals surface area contributed by atoms with Crippen molar-refractivity contribution in [2.45, 2.75) is 38.5 Å². The molecule has 2 aromatic heterocycles. The topological polar surface area (TPSA) is 93.7 Å². The van der Waals surface area contributed by atoms with E-state index in [2.05, 4.69) is 15.3 Å². The summed E-state index contributed by atoms with van der Waals surface area (Å²) in [6, 6.07) is 7.75. The summed E-state index contributed by atoms with van der Waals surface area (Å²) in [5.74, 6) is -2.40. The van der Waals surface area contributed by atoms with Crippen molar-refractivity contribution in [1.29, 1.82) is 0 Å². The fourth-order valence-corrected chi connectivity index (χ4v) is 4.89. The van der Waals surface area contributed by atoms with E-state index in [4.69, 9.17) is 9.47 Å². The number of ether oxygens (including phenoxy) is 2. The van der Waals surface area contributed by atoms with E-state index in [0.717, 1.165) is 23.4 Å². The van der Waals surface area contributed by atoms with Gasteiger partial charge in [0.2, 0.25) is 0 Å². The molecule has 1 aromatic carbocycles. The minimum Gasteiger partial charge on any atom is -0.443 e. The van der Waals surface area contributed by atoms with Gasteiger partial charge in [-0.2, -0.15) is 13.2 Å². The van der Waals surface area contributed by atoms with E-state index in [-0.39, 0.29) is 18.2 Å². The first-order valence-corrected chi connectivity index (χ1v) is 12.3. The third-order valence-corrected chi connectivity index (χ3v) is 6.85. The van der Waals surface area contributed by atoms with Crippen molar-refractivity contribution in [3.8, 4) is 11.1 Å². The Kier molecular flexibility index (Phi) is 6.98. The molecular formula is C27H24F4N4O4. The molecule has 1 N–H and O–H groups in total. The molecule has 2 amide bonds. The molecule has 12 heteroatoms. The summed E-state index contributed by atoms with van der Waals surface area (Å²) in [6.07, 6.45) is -3.00. The Morgan fingerprint density at radius 3 is 2.74 bits per heavy atom. The average Bonchev–Trinajstić information content (AvgIpc) is 3.02. The zero-order valence-electron chi connectivity index (χ0n) is 21.0. The number of aryl methyl sites for hydroxylation is 1. The van der Waals surface area contributed by atoms with E-state index in [9.17, 15) is 27.2 Å². The minimum absolute atomic E-state index is 0.123. The summed E-state index contributed by atoms with van der Waals surface area (Å²) in [6.45, 7) is 4.83. The zero-order valence-corrected chi connectivity index (χ0v) is 21.0. The largest absolute Gasteiger partial charge is 0.443 e. The first-order chi connectivity index (χ1) is 18.6. The molecule has 0 radical (unpaired) electrons. The monoisotopic (exact) mass is 544 g/mol. The van der Waals surface area contributed by atoms with Crippen LogP contribution >= 0.6 is 0 Å². The van der Waals surface area contributed by atoms with Crippen molar-refractivity contribution in [1.82, 2.24) is 9.97 Å². The molecule has 2 aliphatic rings. The maximum atomic E-state index is 14.4. The third kappa shape index (κ3) is 5.03. The van der Waals surface area contributed by atoms with Crippen LogP contribution in [0.4, 0.5) is 33.9 Å². The van der Waals surface area contributed by atoms with Crippen LogP contribution in [0, 0.1) is 12.7 Å². The first kappa shape index (κ1) is 26.5. The molecule has 3 aromatic rings. The van der Waals surface area contributed by atoms with Gasteiger partial charge in [0.05, 0.1) is 12.2 Å². The van der Waals surface area contributed by atoms with Gasteiger partial charge in [-0.3, -0.25) is 9.69 Å². The highest BCUT2D eigenvalue weighted by Crippen LogP contribution is 2.40. The van der Waals surface area contributed by atoms with Crippen molar-refractivity contribution in [3.63, 3.8) is 0 Å². The van der Waals surface area contributed by atoms with Gasteiger partial charge in [0, 0.05) is 48.3 Å². The molecule has 0 saturated carbocycles. The molecule has 4 heterocycles. The van der Waals surface area contributed by atoms with E-state index in [1.165, 1.54) is 4.90 Å². The summed E-state index contributed by atoms with van der Waals surface area (Å²) < 4.78 is 64.8. The van der Waals surface area contributed by atoms with Gasteiger partial charge in [0.25, 0.3) is 5.91 Å². The molecule has 0 spiro atoms. The molecule has 5 rings (SSSR count). The zero-order chi connectivity index (χ0) is 27.9. The van der Waals surface area contributed by atoms with Crippen LogP contribution in [0.5, 0.6) is 0 Å². The van der Waals surface area contributed by atoms with Crippen LogP contribution in [0.25, 0.3) is 11.1 Å². The highest BCUT2D eigenvalue weighted by Gasteiger charge is 2.39. The SMILES string of the molecule is CCN1C(=O)O[C@H]2COCC[C@@H]2c2cc(-c3cc(NC(=O)c4ccnc(C(F)(F)F)c4F)ccc3C)cnc21. The quantitative estimate of drug-likeness (QED) is 0.423. The van der Waals surface area contributed by atoms with Gasteiger partial charge in [0.15, 0.2) is 11.5 Å². The van der Waals surface area contributed by atoms with Crippen molar-refractivity contribution in [2.75, 3.05) is 30.0 Å². The van der Waals surface area contributed by atoms with Gasteiger partial charge in [-0.1, -0.05) is 6.07 Å². The number of nitrogens with zero attached hydrogens (tertiary/aromatic N) is 3. The standard InChI is InChI=1S/C27H24F4N4O4/c1-3-35-24-20(17-7-9-38-13-21(17)39-26(35)37)10-15(12-33-24)19-11-16(5-4-14(19)2)34-25(36)18-6-8-32-23(22(18)28)27(29,30)31/h4-6,8,10-12,17,21H,3,7,9,13H2,1-2H3,(H,34,36)/t17-,21+/m1/s1. The highest BCUT2D eigenvalue weighted by molar-refractivity contribution is 6.04. The predicted molar refractivity (Wildman–Crippen MR) is 133 cm³/mol. The Hall–Kier alpha value is -4.06. The van der Waals surface area contributed by atoms with Crippen molar-refractivity contribution >= 4 is 23.5 Å². The predicted octanol–water partition coefficient (Wildman–Crippen LogP) is 5.71. The lowest BCUT2D eigenvalue weighted by Crippen LogP contribution is -2.36. The fraction of sp³-hybridized carbons (Fsp3) is 0.333. The Balaban J connectivity index is 1.50. The second kappa shape index (κ2) is 10.3. The summed E-state index contributed by atoms with van der Waals surface area (Å²) in [5.41, 5.74) is 0.775. The Morgan fingerprint density at radius 2 is 2.00 bits per heavy atom. The van der Waals surface area contributed by atoms with Crippen LogP contribution in [0.1, 0.15) is 46.4 Å². The van der Waals surface area contributed by atoms with Gasteiger partial charge in [-0.25, -0.2) is 19.2 Å². The number of alkyl halides is 3. The Labute approximate surface area is 221 Å². The summed E-state index contributed by atoms with van der Waals surface area (Å²) in [4.78, 5) is 34.5. The normalized spacial score (nSPS) is 19.0. The number of pyridine rings is 2. The van der Waals surface area contributed by atoms with E-state index >= 15 is 0 Å². The molecule has 2 atom stereocenters. The number of anilines is 2. The van der Waals surface area contributed by atoms with Crippen LogP contribution in [-0.4, -0.2) is 47.8 Å². The van der Waals surface area contributed by atoms with Crippen LogP contribution in [0.15, 0.2) is 42.7 Å². The molecule has 1 fully saturated rings. The Morgan fingerprint density at radius 1 is 1.21 bits per heavy atom. The molecule has 204 valence electrons. The van der Waals surface area contributed by atoms with Gasteiger partial charge >= 0.3 is 12.3 Å². The maximum Gasteiger partial charge on any atom is 0.436 e.